The molecule has 1 aromatic carbocycles. The Labute approximate surface area is 141 Å². The van der Waals surface area contributed by atoms with Gasteiger partial charge in [-0.2, -0.15) is 5.10 Å². The molecule has 6 nitrogen and oxygen atoms in total. The number of benzene rings is 1. The van der Waals surface area contributed by atoms with Crippen LogP contribution in [0.15, 0.2) is 30.3 Å². The second-order valence-electron chi connectivity index (χ2n) is 6.27. The third-order valence-electron chi connectivity index (χ3n) is 4.44. The third kappa shape index (κ3) is 3.04. The van der Waals surface area contributed by atoms with Crippen LogP contribution < -0.4 is 5.32 Å². The van der Waals surface area contributed by atoms with Gasteiger partial charge in [0.25, 0.3) is 5.91 Å². The highest BCUT2D eigenvalue weighted by atomic mass is 16.2. The van der Waals surface area contributed by atoms with Crippen molar-refractivity contribution < 1.29 is 4.79 Å². The van der Waals surface area contributed by atoms with E-state index in [1.165, 1.54) is 0 Å². The second kappa shape index (κ2) is 6.47. The Balaban J connectivity index is 1.92. The highest BCUT2D eigenvalue weighted by Crippen LogP contribution is 2.25. The molecule has 0 aliphatic rings. The second-order valence-corrected chi connectivity index (χ2v) is 6.27. The molecule has 3 aromatic rings. The molecule has 2 heterocycles. The SMILES string of the molecule is CC[C@@H](C)[C@@H](NC(=O)c1cc(C)nn1C)c1nc2ccccc2[nH]1. The summed E-state index contributed by atoms with van der Waals surface area (Å²) in [5, 5.41) is 7.37. The fourth-order valence-corrected chi connectivity index (χ4v) is 2.87. The van der Waals surface area contributed by atoms with Gasteiger partial charge in [-0.1, -0.05) is 32.4 Å². The molecule has 2 N–H and O–H groups in total. The molecule has 3 rings (SSSR count). The number of fused-ring (bicyclic) bond motifs is 1. The van der Waals surface area contributed by atoms with E-state index in [0.717, 1.165) is 29.0 Å². The van der Waals surface area contributed by atoms with E-state index in [1.54, 1.807) is 17.8 Å². The summed E-state index contributed by atoms with van der Waals surface area (Å²) in [5.41, 5.74) is 3.27. The lowest BCUT2D eigenvalue weighted by molar-refractivity contribution is 0.0911. The van der Waals surface area contributed by atoms with Gasteiger partial charge in [0.05, 0.1) is 22.8 Å². The molecule has 2 atom stereocenters. The van der Waals surface area contributed by atoms with Crippen LogP contribution in [-0.4, -0.2) is 25.7 Å². The third-order valence-corrected chi connectivity index (χ3v) is 4.44. The summed E-state index contributed by atoms with van der Waals surface area (Å²) < 4.78 is 1.61. The van der Waals surface area contributed by atoms with Crippen molar-refractivity contribution in [3.8, 4) is 0 Å². The molecule has 1 amide bonds. The standard InChI is InChI=1S/C18H23N5O/c1-5-11(2)16(17-19-13-8-6-7-9-14(13)20-17)21-18(24)15-10-12(3)22-23(15)4/h6-11,16H,5H2,1-4H3,(H,19,20)(H,21,24)/t11-,16-/m1/s1. The molecular formula is C18H23N5O. The Morgan fingerprint density at radius 3 is 2.75 bits per heavy atom. The van der Waals surface area contributed by atoms with Crippen molar-refractivity contribution in [3.05, 3.63) is 47.5 Å². The van der Waals surface area contributed by atoms with Crippen molar-refractivity contribution in [1.82, 2.24) is 25.1 Å². The molecule has 24 heavy (non-hydrogen) atoms. The highest BCUT2D eigenvalue weighted by molar-refractivity contribution is 5.93. The summed E-state index contributed by atoms with van der Waals surface area (Å²) in [6.07, 6.45) is 0.937. The van der Waals surface area contributed by atoms with Crippen LogP contribution in [0, 0.1) is 12.8 Å². The van der Waals surface area contributed by atoms with Crippen LogP contribution in [0.25, 0.3) is 11.0 Å². The van der Waals surface area contributed by atoms with E-state index in [1.807, 2.05) is 31.2 Å². The van der Waals surface area contributed by atoms with Crippen molar-refractivity contribution in [2.24, 2.45) is 13.0 Å². The maximum absolute atomic E-state index is 12.7. The van der Waals surface area contributed by atoms with Gasteiger partial charge in [0.15, 0.2) is 0 Å². The van der Waals surface area contributed by atoms with E-state index in [-0.39, 0.29) is 17.9 Å². The van der Waals surface area contributed by atoms with Gasteiger partial charge in [-0.25, -0.2) is 4.98 Å². The number of aromatic nitrogens is 4. The maximum atomic E-state index is 12.7. The van der Waals surface area contributed by atoms with Crippen molar-refractivity contribution in [1.29, 1.82) is 0 Å². The predicted molar refractivity (Wildman–Crippen MR) is 93.7 cm³/mol. The molecule has 0 aliphatic heterocycles. The monoisotopic (exact) mass is 325 g/mol. The first-order chi connectivity index (χ1) is 11.5. The first-order valence-electron chi connectivity index (χ1n) is 8.25. The van der Waals surface area contributed by atoms with E-state index in [2.05, 4.69) is 34.2 Å². The maximum Gasteiger partial charge on any atom is 0.270 e. The first kappa shape index (κ1) is 16.2. The zero-order valence-electron chi connectivity index (χ0n) is 14.5. The molecule has 0 aliphatic carbocycles. The lowest BCUT2D eigenvalue weighted by Crippen LogP contribution is -2.34. The smallest absolute Gasteiger partial charge is 0.270 e. The number of aryl methyl sites for hydroxylation is 2. The number of aromatic amines is 1. The van der Waals surface area contributed by atoms with Gasteiger partial charge in [-0.3, -0.25) is 9.48 Å². The molecule has 0 bridgehead atoms. The van der Waals surface area contributed by atoms with Crippen LogP contribution in [0.2, 0.25) is 0 Å². The van der Waals surface area contributed by atoms with Crippen LogP contribution in [0.1, 0.15) is 48.3 Å². The van der Waals surface area contributed by atoms with Crippen LogP contribution in [-0.2, 0) is 7.05 Å². The van der Waals surface area contributed by atoms with Gasteiger partial charge in [-0.15, -0.1) is 0 Å². The predicted octanol–water partition coefficient (Wildman–Crippen LogP) is 3.12. The molecule has 0 saturated heterocycles. The van der Waals surface area contributed by atoms with E-state index in [0.29, 0.717) is 5.69 Å². The summed E-state index contributed by atoms with van der Waals surface area (Å²) in [7, 11) is 1.78. The number of carbonyl (C=O) groups is 1. The Hall–Kier alpha value is -2.63. The number of amides is 1. The normalized spacial score (nSPS) is 13.8. The summed E-state index contributed by atoms with van der Waals surface area (Å²) in [4.78, 5) is 20.7. The number of imidazole rings is 1. The van der Waals surface area contributed by atoms with Crippen LogP contribution in [0.4, 0.5) is 0 Å². The van der Waals surface area contributed by atoms with Gasteiger partial charge >= 0.3 is 0 Å². The van der Waals surface area contributed by atoms with Gasteiger partial charge in [-0.05, 0) is 31.0 Å². The molecular weight excluding hydrogens is 302 g/mol. The number of H-pyrrole nitrogens is 1. The minimum absolute atomic E-state index is 0.135. The summed E-state index contributed by atoms with van der Waals surface area (Å²) >= 11 is 0. The van der Waals surface area contributed by atoms with Crippen LogP contribution in [0.3, 0.4) is 0 Å². The van der Waals surface area contributed by atoms with Gasteiger partial charge in [0.1, 0.15) is 11.5 Å². The minimum atomic E-state index is -0.176. The number of rotatable bonds is 5. The molecule has 126 valence electrons. The van der Waals surface area contributed by atoms with Gasteiger partial charge in [0, 0.05) is 7.05 Å². The van der Waals surface area contributed by atoms with Crippen molar-refractivity contribution >= 4 is 16.9 Å². The van der Waals surface area contributed by atoms with Crippen molar-refractivity contribution in [2.45, 2.75) is 33.2 Å². The molecule has 0 saturated carbocycles. The van der Waals surface area contributed by atoms with Crippen molar-refractivity contribution in [2.75, 3.05) is 0 Å². The zero-order chi connectivity index (χ0) is 17.3. The quantitative estimate of drug-likeness (QED) is 0.757. The van der Waals surface area contributed by atoms with Crippen LogP contribution >= 0.6 is 0 Å². The molecule has 0 spiro atoms. The molecule has 0 unspecified atom stereocenters. The molecule has 0 radical (unpaired) electrons. The van der Waals surface area contributed by atoms with E-state index in [4.69, 9.17) is 0 Å². The number of nitrogens with one attached hydrogen (secondary N) is 2. The zero-order valence-corrected chi connectivity index (χ0v) is 14.5. The summed E-state index contributed by atoms with van der Waals surface area (Å²) in [6.45, 7) is 6.11. The average Bonchev–Trinajstić information content (AvgIpc) is 3.14. The Morgan fingerprint density at radius 1 is 1.38 bits per heavy atom. The number of carbonyl (C=O) groups excluding carboxylic acids is 1. The largest absolute Gasteiger partial charge is 0.340 e. The van der Waals surface area contributed by atoms with Crippen LogP contribution in [0.5, 0.6) is 0 Å². The summed E-state index contributed by atoms with van der Waals surface area (Å²) in [6, 6.07) is 9.51. The fourth-order valence-electron chi connectivity index (χ4n) is 2.87. The molecule has 6 heteroatoms. The minimum Gasteiger partial charge on any atom is -0.340 e. The van der Waals surface area contributed by atoms with E-state index in [9.17, 15) is 4.79 Å². The number of hydrogen-bond acceptors (Lipinski definition) is 3. The van der Waals surface area contributed by atoms with Crippen molar-refractivity contribution in [3.63, 3.8) is 0 Å². The van der Waals surface area contributed by atoms with Gasteiger partial charge < -0.3 is 10.3 Å². The number of nitrogens with zero attached hydrogens (tertiary/aromatic N) is 3. The fraction of sp³-hybridized carbons (Fsp3) is 0.389. The molecule has 2 aromatic heterocycles. The highest BCUT2D eigenvalue weighted by Gasteiger charge is 2.25. The Bertz CT molecular complexity index is 830. The molecule has 0 fully saturated rings. The lowest BCUT2D eigenvalue weighted by atomic mass is 9.98. The van der Waals surface area contributed by atoms with Gasteiger partial charge in [0.2, 0.25) is 0 Å². The Kier molecular flexibility index (Phi) is 4.38. The Morgan fingerprint density at radius 2 is 2.12 bits per heavy atom. The first-order valence-corrected chi connectivity index (χ1v) is 8.25. The van der Waals surface area contributed by atoms with E-state index < -0.39 is 0 Å². The summed E-state index contributed by atoms with van der Waals surface area (Å²) in [5.74, 6) is 0.908. The van der Waals surface area contributed by atoms with E-state index >= 15 is 0 Å². The number of hydrogen-bond donors (Lipinski definition) is 2. The number of para-hydroxylation sites is 2. The average molecular weight is 325 g/mol. The topological polar surface area (TPSA) is 75.6 Å². The lowest BCUT2D eigenvalue weighted by Gasteiger charge is -2.22.